The molecule has 0 aliphatic heterocycles. The number of methoxy groups -OCH3 is 2. The lowest BCUT2D eigenvalue weighted by Crippen LogP contribution is -2.34. The van der Waals surface area contributed by atoms with Gasteiger partial charge in [-0.25, -0.2) is 0 Å². The van der Waals surface area contributed by atoms with E-state index >= 15 is 0 Å². The van der Waals surface area contributed by atoms with Gasteiger partial charge in [-0.15, -0.1) is 24.0 Å². The smallest absolute Gasteiger partial charge is 0.193 e. The first-order valence-electron chi connectivity index (χ1n) is 7.82. The van der Waals surface area contributed by atoms with Crippen LogP contribution in [0.5, 0.6) is 11.5 Å². The second-order valence-electron chi connectivity index (χ2n) is 6.16. The number of nitrogens with two attached hydrogens (primary N) is 1. The van der Waals surface area contributed by atoms with Gasteiger partial charge in [-0.05, 0) is 38.6 Å². The van der Waals surface area contributed by atoms with Crippen LogP contribution in [0.3, 0.4) is 0 Å². The Morgan fingerprint density at radius 2 is 1.92 bits per heavy atom. The number of hydrogen-bond donors (Lipinski definition) is 2. The highest BCUT2D eigenvalue weighted by Gasteiger charge is 2.13. The molecule has 1 rings (SSSR count). The van der Waals surface area contributed by atoms with Crippen LogP contribution in [0.2, 0.25) is 0 Å². The summed E-state index contributed by atoms with van der Waals surface area (Å²) in [6.07, 6.45) is 1.08. The van der Waals surface area contributed by atoms with Crippen LogP contribution in [0.15, 0.2) is 23.2 Å². The van der Waals surface area contributed by atoms with Gasteiger partial charge in [-0.1, -0.05) is 13.8 Å². The molecule has 0 heterocycles. The zero-order valence-electron chi connectivity index (χ0n) is 15.5. The van der Waals surface area contributed by atoms with Gasteiger partial charge >= 0.3 is 0 Å². The third kappa shape index (κ3) is 7.57. The Hall–Kier alpha value is -1.22. The van der Waals surface area contributed by atoms with Crippen molar-refractivity contribution in [2.45, 2.75) is 26.3 Å². The number of rotatable bonds is 8. The van der Waals surface area contributed by atoms with Crippen LogP contribution in [0.1, 0.15) is 20.3 Å². The van der Waals surface area contributed by atoms with Gasteiger partial charge in [0.25, 0.3) is 0 Å². The number of ether oxygens (including phenoxy) is 2. The third-order valence-corrected chi connectivity index (χ3v) is 3.62. The van der Waals surface area contributed by atoms with E-state index in [1.165, 1.54) is 0 Å². The molecule has 0 amide bonds. The number of aliphatic imine (C=N–C) groups is 1. The van der Waals surface area contributed by atoms with Gasteiger partial charge < -0.3 is 25.4 Å². The van der Waals surface area contributed by atoms with Crippen molar-refractivity contribution in [1.29, 1.82) is 0 Å². The van der Waals surface area contributed by atoms with Crippen molar-refractivity contribution >= 4 is 35.6 Å². The van der Waals surface area contributed by atoms with Crippen molar-refractivity contribution in [1.82, 2.24) is 4.90 Å². The molecule has 0 saturated carbocycles. The molecule has 0 spiro atoms. The molecular formula is C17H31IN4O2. The molecule has 1 unspecified atom stereocenters. The Balaban J connectivity index is 0.00000529. The Kier molecular flexibility index (Phi) is 10.8. The molecular weight excluding hydrogens is 419 g/mol. The van der Waals surface area contributed by atoms with Crippen molar-refractivity contribution in [2.75, 3.05) is 40.2 Å². The van der Waals surface area contributed by atoms with E-state index < -0.39 is 0 Å². The van der Waals surface area contributed by atoms with E-state index in [9.17, 15) is 0 Å². The minimum atomic E-state index is 0. The highest BCUT2D eigenvalue weighted by Crippen LogP contribution is 2.28. The van der Waals surface area contributed by atoms with Gasteiger partial charge in [0.2, 0.25) is 0 Å². The molecule has 0 bridgehead atoms. The lowest BCUT2D eigenvalue weighted by molar-refractivity contribution is 0.261. The normalized spacial score (nSPS) is 12.8. The lowest BCUT2D eigenvalue weighted by Gasteiger charge is -2.24. The molecule has 0 aliphatic rings. The maximum absolute atomic E-state index is 6.02. The predicted octanol–water partition coefficient (Wildman–Crippen LogP) is 3.02. The monoisotopic (exact) mass is 450 g/mol. The first-order valence-corrected chi connectivity index (χ1v) is 7.82. The number of benzene rings is 1. The SMILES string of the molecule is COc1ccc(OC)c(NC(N)=NCC(CC(C)C)N(C)C)c1.I. The van der Waals surface area contributed by atoms with Crippen LogP contribution in [-0.2, 0) is 0 Å². The molecule has 138 valence electrons. The van der Waals surface area contributed by atoms with Gasteiger partial charge in [0.1, 0.15) is 11.5 Å². The van der Waals surface area contributed by atoms with Crippen LogP contribution in [0.25, 0.3) is 0 Å². The number of guanidine groups is 1. The summed E-state index contributed by atoms with van der Waals surface area (Å²) in [6.45, 7) is 5.07. The summed E-state index contributed by atoms with van der Waals surface area (Å²) in [5, 5.41) is 3.09. The minimum absolute atomic E-state index is 0. The largest absolute Gasteiger partial charge is 0.497 e. The molecule has 0 fully saturated rings. The molecule has 0 aromatic heterocycles. The highest BCUT2D eigenvalue weighted by molar-refractivity contribution is 14.0. The van der Waals surface area contributed by atoms with E-state index in [1.807, 2.05) is 18.2 Å². The number of likely N-dealkylation sites (N-methyl/N-ethyl adjacent to an activating group) is 1. The minimum Gasteiger partial charge on any atom is -0.497 e. The fourth-order valence-corrected chi connectivity index (χ4v) is 2.29. The maximum Gasteiger partial charge on any atom is 0.193 e. The highest BCUT2D eigenvalue weighted by atomic mass is 127. The molecule has 3 N–H and O–H groups in total. The Morgan fingerprint density at radius 3 is 2.42 bits per heavy atom. The number of nitrogens with one attached hydrogen (secondary N) is 1. The second kappa shape index (κ2) is 11.4. The maximum atomic E-state index is 6.02. The summed E-state index contributed by atoms with van der Waals surface area (Å²) in [7, 11) is 7.37. The average molecular weight is 450 g/mol. The predicted molar refractivity (Wildman–Crippen MR) is 112 cm³/mol. The standard InChI is InChI=1S/C17H30N4O2.HI/c1-12(2)9-13(21(3)4)11-19-17(18)20-15-10-14(22-5)7-8-16(15)23-6;/h7-8,10,12-13H,9,11H2,1-6H3,(H3,18,19,20);1H. The van der Waals surface area contributed by atoms with Gasteiger partial charge in [-0.2, -0.15) is 0 Å². The van der Waals surface area contributed by atoms with Gasteiger partial charge in [-0.3, -0.25) is 4.99 Å². The van der Waals surface area contributed by atoms with E-state index in [-0.39, 0.29) is 24.0 Å². The van der Waals surface area contributed by atoms with Gasteiger partial charge in [0, 0.05) is 12.1 Å². The molecule has 0 saturated heterocycles. The fraction of sp³-hybridized carbons (Fsp3) is 0.588. The van der Waals surface area contributed by atoms with Crippen LogP contribution < -0.4 is 20.5 Å². The summed E-state index contributed by atoms with van der Waals surface area (Å²) in [4.78, 5) is 6.65. The number of anilines is 1. The zero-order chi connectivity index (χ0) is 17.4. The summed E-state index contributed by atoms with van der Waals surface area (Å²) in [6, 6.07) is 5.86. The van der Waals surface area contributed by atoms with E-state index in [2.05, 4.69) is 43.2 Å². The molecule has 0 aliphatic carbocycles. The van der Waals surface area contributed by atoms with Crippen molar-refractivity contribution in [3.63, 3.8) is 0 Å². The van der Waals surface area contributed by atoms with Crippen LogP contribution in [-0.4, -0.2) is 51.8 Å². The van der Waals surface area contributed by atoms with Crippen molar-refractivity contribution < 1.29 is 9.47 Å². The van der Waals surface area contributed by atoms with Gasteiger partial charge in [0.05, 0.1) is 26.5 Å². The van der Waals surface area contributed by atoms with Crippen LogP contribution >= 0.6 is 24.0 Å². The van der Waals surface area contributed by atoms with E-state index in [0.29, 0.717) is 30.2 Å². The van der Waals surface area contributed by atoms with Gasteiger partial charge in [0.15, 0.2) is 5.96 Å². The Labute approximate surface area is 162 Å². The average Bonchev–Trinajstić information content (AvgIpc) is 2.50. The molecule has 0 radical (unpaired) electrons. The third-order valence-electron chi connectivity index (χ3n) is 3.62. The zero-order valence-corrected chi connectivity index (χ0v) is 17.8. The van der Waals surface area contributed by atoms with E-state index in [4.69, 9.17) is 15.2 Å². The summed E-state index contributed by atoms with van der Waals surface area (Å²) >= 11 is 0. The number of nitrogens with zero attached hydrogens (tertiary/aromatic N) is 2. The number of halogens is 1. The van der Waals surface area contributed by atoms with Crippen LogP contribution in [0, 0.1) is 5.92 Å². The molecule has 24 heavy (non-hydrogen) atoms. The van der Waals surface area contributed by atoms with Crippen molar-refractivity contribution in [2.24, 2.45) is 16.6 Å². The quantitative estimate of drug-likeness (QED) is 0.362. The number of hydrogen-bond acceptors (Lipinski definition) is 4. The summed E-state index contributed by atoms with van der Waals surface area (Å²) in [5.41, 5.74) is 6.76. The van der Waals surface area contributed by atoms with E-state index in [1.54, 1.807) is 14.2 Å². The van der Waals surface area contributed by atoms with Crippen molar-refractivity contribution in [3.8, 4) is 11.5 Å². The Bertz CT molecular complexity index is 521. The molecule has 1 aromatic carbocycles. The van der Waals surface area contributed by atoms with E-state index in [0.717, 1.165) is 17.9 Å². The second-order valence-corrected chi connectivity index (χ2v) is 6.16. The molecule has 6 nitrogen and oxygen atoms in total. The molecule has 1 atom stereocenters. The van der Waals surface area contributed by atoms with Crippen molar-refractivity contribution in [3.05, 3.63) is 18.2 Å². The van der Waals surface area contributed by atoms with Crippen LogP contribution in [0.4, 0.5) is 5.69 Å². The topological polar surface area (TPSA) is 72.1 Å². The lowest BCUT2D eigenvalue weighted by atomic mass is 10.0. The summed E-state index contributed by atoms with van der Waals surface area (Å²) in [5.74, 6) is 2.40. The Morgan fingerprint density at radius 1 is 1.25 bits per heavy atom. The molecule has 7 heteroatoms. The first-order chi connectivity index (χ1) is 10.9. The first kappa shape index (κ1) is 22.8. The molecule has 1 aromatic rings. The summed E-state index contributed by atoms with van der Waals surface area (Å²) < 4.78 is 10.6. The fourth-order valence-electron chi connectivity index (χ4n) is 2.29.